The summed E-state index contributed by atoms with van der Waals surface area (Å²) in [6.07, 6.45) is 4.36. The number of likely N-dealkylation sites (tertiary alicyclic amines) is 1. The molecule has 0 spiro atoms. The Labute approximate surface area is 126 Å². The highest BCUT2D eigenvalue weighted by Gasteiger charge is 2.16. The lowest BCUT2D eigenvalue weighted by Crippen LogP contribution is -2.35. The van der Waals surface area contributed by atoms with Crippen LogP contribution in [0.1, 0.15) is 12.8 Å². The molecule has 5 heteroatoms. The van der Waals surface area contributed by atoms with Gasteiger partial charge in [-0.15, -0.1) is 10.2 Å². The lowest BCUT2D eigenvalue weighted by molar-refractivity contribution is 0.217. The van der Waals surface area contributed by atoms with E-state index in [1.807, 2.05) is 11.6 Å². The van der Waals surface area contributed by atoms with Crippen molar-refractivity contribution in [1.82, 2.24) is 19.7 Å². The summed E-state index contributed by atoms with van der Waals surface area (Å²) in [6.45, 7) is 3.46. The maximum atomic E-state index is 4.17. The molecule has 1 aromatic carbocycles. The average Bonchev–Trinajstić information content (AvgIpc) is 2.92. The Bertz CT molecular complexity index is 592. The summed E-state index contributed by atoms with van der Waals surface area (Å²) < 4.78 is 1.94. The molecule has 0 aliphatic carbocycles. The Morgan fingerprint density at radius 2 is 2.24 bits per heavy atom. The molecule has 1 unspecified atom stereocenters. The SMILES string of the molecule is CN1CCCC(CNc2cccc(-c3nncn3C)c2)C1. The van der Waals surface area contributed by atoms with Crippen LogP contribution >= 0.6 is 0 Å². The first-order chi connectivity index (χ1) is 10.2. The molecule has 3 rings (SSSR count). The fourth-order valence-corrected chi connectivity index (χ4v) is 3.01. The van der Waals surface area contributed by atoms with Gasteiger partial charge in [0.2, 0.25) is 0 Å². The van der Waals surface area contributed by atoms with E-state index < -0.39 is 0 Å². The molecule has 0 saturated carbocycles. The van der Waals surface area contributed by atoms with Crippen molar-refractivity contribution in [3.63, 3.8) is 0 Å². The van der Waals surface area contributed by atoms with Crippen molar-refractivity contribution >= 4 is 5.69 Å². The van der Waals surface area contributed by atoms with Crippen molar-refractivity contribution in [2.24, 2.45) is 13.0 Å². The van der Waals surface area contributed by atoms with Crippen LogP contribution in [0.2, 0.25) is 0 Å². The number of nitrogens with zero attached hydrogens (tertiary/aromatic N) is 4. The molecular weight excluding hydrogens is 262 g/mol. The molecule has 112 valence electrons. The zero-order valence-electron chi connectivity index (χ0n) is 12.8. The fourth-order valence-electron chi connectivity index (χ4n) is 3.01. The maximum absolute atomic E-state index is 4.17. The lowest BCUT2D eigenvalue weighted by atomic mass is 9.98. The normalized spacial score (nSPS) is 19.6. The van der Waals surface area contributed by atoms with E-state index in [9.17, 15) is 0 Å². The van der Waals surface area contributed by atoms with Gasteiger partial charge in [0.25, 0.3) is 0 Å². The van der Waals surface area contributed by atoms with Gasteiger partial charge < -0.3 is 14.8 Å². The number of hydrogen-bond acceptors (Lipinski definition) is 4. The summed E-state index contributed by atoms with van der Waals surface area (Å²) in [5.74, 6) is 1.64. The summed E-state index contributed by atoms with van der Waals surface area (Å²) >= 11 is 0. The molecule has 1 atom stereocenters. The van der Waals surface area contributed by atoms with Crippen molar-refractivity contribution < 1.29 is 0 Å². The van der Waals surface area contributed by atoms with Gasteiger partial charge in [-0.2, -0.15) is 0 Å². The minimum Gasteiger partial charge on any atom is -0.385 e. The number of nitrogens with one attached hydrogen (secondary N) is 1. The van der Waals surface area contributed by atoms with Crippen LogP contribution in [0.4, 0.5) is 5.69 Å². The molecule has 1 aliphatic rings. The molecule has 1 fully saturated rings. The van der Waals surface area contributed by atoms with Crippen LogP contribution < -0.4 is 5.32 Å². The Morgan fingerprint density at radius 1 is 1.33 bits per heavy atom. The van der Waals surface area contributed by atoms with Crippen LogP contribution in [0.3, 0.4) is 0 Å². The molecular formula is C16H23N5. The highest BCUT2D eigenvalue weighted by Crippen LogP contribution is 2.21. The van der Waals surface area contributed by atoms with E-state index in [2.05, 4.69) is 51.7 Å². The average molecular weight is 285 g/mol. The largest absolute Gasteiger partial charge is 0.385 e. The van der Waals surface area contributed by atoms with Crippen LogP contribution in [0.5, 0.6) is 0 Å². The van der Waals surface area contributed by atoms with E-state index in [1.54, 1.807) is 6.33 Å². The zero-order valence-corrected chi connectivity index (χ0v) is 12.8. The second-order valence-electron chi connectivity index (χ2n) is 6.00. The topological polar surface area (TPSA) is 46.0 Å². The van der Waals surface area contributed by atoms with Gasteiger partial charge in [-0.25, -0.2) is 0 Å². The Kier molecular flexibility index (Phi) is 4.20. The first-order valence-electron chi connectivity index (χ1n) is 7.59. The van der Waals surface area contributed by atoms with Crippen molar-refractivity contribution in [2.45, 2.75) is 12.8 Å². The highest BCUT2D eigenvalue weighted by atomic mass is 15.2. The first kappa shape index (κ1) is 14.1. The van der Waals surface area contributed by atoms with Gasteiger partial charge in [-0.05, 0) is 44.5 Å². The molecule has 1 N–H and O–H groups in total. The van der Waals surface area contributed by atoms with Gasteiger partial charge in [0, 0.05) is 31.4 Å². The molecule has 1 aromatic heterocycles. The van der Waals surface area contributed by atoms with Crippen LogP contribution in [0.25, 0.3) is 11.4 Å². The third-order valence-electron chi connectivity index (χ3n) is 4.15. The molecule has 2 aromatic rings. The van der Waals surface area contributed by atoms with E-state index in [0.29, 0.717) is 0 Å². The molecule has 0 amide bonds. The second kappa shape index (κ2) is 6.26. The van der Waals surface area contributed by atoms with E-state index in [-0.39, 0.29) is 0 Å². The number of hydrogen-bond donors (Lipinski definition) is 1. The second-order valence-corrected chi connectivity index (χ2v) is 6.00. The Balaban J connectivity index is 1.65. The van der Waals surface area contributed by atoms with Crippen molar-refractivity contribution in [1.29, 1.82) is 0 Å². The standard InChI is InChI=1S/C16H23N5/c1-20-8-4-5-13(11-20)10-17-15-7-3-6-14(9-15)16-19-18-12-21(16)2/h3,6-7,9,12-13,17H,4-5,8,10-11H2,1-2H3. The molecule has 0 radical (unpaired) electrons. The summed E-state index contributed by atoms with van der Waals surface area (Å²) in [4.78, 5) is 2.42. The number of piperidine rings is 1. The van der Waals surface area contributed by atoms with Crippen LogP contribution in [0, 0.1) is 5.92 Å². The third-order valence-corrected chi connectivity index (χ3v) is 4.15. The molecule has 1 aliphatic heterocycles. The molecule has 2 heterocycles. The fraction of sp³-hybridized carbons (Fsp3) is 0.500. The van der Waals surface area contributed by atoms with Gasteiger partial charge in [0.1, 0.15) is 6.33 Å². The lowest BCUT2D eigenvalue weighted by Gasteiger charge is -2.30. The zero-order chi connectivity index (χ0) is 14.7. The third kappa shape index (κ3) is 3.42. The van der Waals surface area contributed by atoms with Crippen LogP contribution in [-0.4, -0.2) is 46.3 Å². The molecule has 5 nitrogen and oxygen atoms in total. The quantitative estimate of drug-likeness (QED) is 0.936. The van der Waals surface area contributed by atoms with Gasteiger partial charge in [0.05, 0.1) is 0 Å². The summed E-state index contributed by atoms with van der Waals surface area (Å²) in [7, 11) is 4.17. The highest BCUT2D eigenvalue weighted by molar-refractivity contribution is 5.62. The van der Waals surface area contributed by atoms with Crippen LogP contribution in [-0.2, 0) is 7.05 Å². The van der Waals surface area contributed by atoms with Gasteiger partial charge >= 0.3 is 0 Å². The number of aromatic nitrogens is 3. The van der Waals surface area contributed by atoms with E-state index in [4.69, 9.17) is 0 Å². The number of aryl methyl sites for hydroxylation is 1. The number of rotatable bonds is 4. The van der Waals surface area contributed by atoms with E-state index in [1.165, 1.54) is 25.9 Å². The van der Waals surface area contributed by atoms with Gasteiger partial charge in [-0.3, -0.25) is 0 Å². The predicted molar refractivity (Wildman–Crippen MR) is 85.1 cm³/mol. The van der Waals surface area contributed by atoms with Crippen molar-refractivity contribution in [2.75, 3.05) is 32.0 Å². The molecule has 21 heavy (non-hydrogen) atoms. The minimum atomic E-state index is 0.738. The summed E-state index contributed by atoms with van der Waals surface area (Å²) in [6, 6.07) is 8.41. The maximum Gasteiger partial charge on any atom is 0.163 e. The van der Waals surface area contributed by atoms with E-state index in [0.717, 1.165) is 29.5 Å². The van der Waals surface area contributed by atoms with Crippen LogP contribution in [0.15, 0.2) is 30.6 Å². The van der Waals surface area contributed by atoms with Gasteiger partial charge in [0.15, 0.2) is 5.82 Å². The number of anilines is 1. The predicted octanol–water partition coefficient (Wildman–Crippen LogP) is 2.24. The molecule has 0 bridgehead atoms. The Morgan fingerprint density at radius 3 is 3.00 bits per heavy atom. The summed E-state index contributed by atoms with van der Waals surface area (Å²) in [5.41, 5.74) is 2.25. The monoisotopic (exact) mass is 285 g/mol. The van der Waals surface area contributed by atoms with Gasteiger partial charge in [-0.1, -0.05) is 12.1 Å². The summed E-state index contributed by atoms with van der Waals surface area (Å²) in [5, 5.41) is 11.7. The first-order valence-corrected chi connectivity index (χ1v) is 7.59. The Hall–Kier alpha value is -1.88. The van der Waals surface area contributed by atoms with E-state index >= 15 is 0 Å². The van der Waals surface area contributed by atoms with Crippen molar-refractivity contribution in [3.8, 4) is 11.4 Å². The smallest absolute Gasteiger partial charge is 0.163 e. The minimum absolute atomic E-state index is 0.738. The molecule has 1 saturated heterocycles. The van der Waals surface area contributed by atoms with Crippen molar-refractivity contribution in [3.05, 3.63) is 30.6 Å². The number of benzene rings is 1.